The van der Waals surface area contributed by atoms with Crippen LogP contribution in [0, 0.1) is 11.8 Å². The molecule has 0 aliphatic carbocycles. The first-order valence-electron chi connectivity index (χ1n) is 6.74. The van der Waals surface area contributed by atoms with Gasteiger partial charge in [-0.2, -0.15) is 0 Å². The predicted octanol–water partition coefficient (Wildman–Crippen LogP) is 2.67. The Morgan fingerprint density at radius 2 is 2.05 bits per heavy atom. The maximum atomic E-state index is 11.0. The highest BCUT2D eigenvalue weighted by molar-refractivity contribution is 7.15. The molecule has 5 nitrogen and oxygen atoms in total. The van der Waals surface area contributed by atoms with Crippen LogP contribution in [0.3, 0.4) is 0 Å². The maximum Gasteiger partial charge on any atom is 0.308 e. The van der Waals surface area contributed by atoms with Crippen LogP contribution in [0.4, 0.5) is 5.13 Å². The van der Waals surface area contributed by atoms with Crippen LogP contribution in [0.2, 0.25) is 0 Å². The number of nitrogens with zero attached hydrogens (tertiary/aromatic N) is 3. The molecule has 1 unspecified atom stereocenters. The molecule has 0 saturated carbocycles. The highest BCUT2D eigenvalue weighted by atomic mass is 32.1. The van der Waals surface area contributed by atoms with E-state index >= 15 is 0 Å². The zero-order valence-corrected chi connectivity index (χ0v) is 12.9. The van der Waals surface area contributed by atoms with E-state index in [0.717, 1.165) is 29.5 Å². The predicted molar refractivity (Wildman–Crippen MR) is 77.8 cm³/mol. The van der Waals surface area contributed by atoms with Crippen molar-refractivity contribution in [1.82, 2.24) is 10.2 Å². The molecule has 1 rings (SSSR count). The van der Waals surface area contributed by atoms with Gasteiger partial charge in [0.1, 0.15) is 5.01 Å². The van der Waals surface area contributed by atoms with E-state index < -0.39 is 11.9 Å². The lowest BCUT2D eigenvalue weighted by Gasteiger charge is -2.24. The number of aliphatic carboxylic acids is 1. The summed E-state index contributed by atoms with van der Waals surface area (Å²) in [5.41, 5.74) is 0. The molecule has 1 N–H and O–H groups in total. The third-order valence-electron chi connectivity index (χ3n) is 2.92. The molecule has 108 valence electrons. The molecule has 6 heteroatoms. The van der Waals surface area contributed by atoms with E-state index in [1.807, 2.05) is 6.92 Å². The van der Waals surface area contributed by atoms with Gasteiger partial charge in [-0.15, -0.1) is 10.2 Å². The molecule has 1 heterocycles. The number of anilines is 1. The monoisotopic (exact) mass is 285 g/mol. The molecule has 1 atom stereocenters. The fraction of sp³-hybridized carbons (Fsp3) is 0.769. The standard InChI is InChI=1S/C13H23N3O2S/c1-5-11-14-15-13(19-11)16(7-6-9(2)3)8-10(4)12(17)18/h9-10H,5-8H2,1-4H3,(H,17,18). The largest absolute Gasteiger partial charge is 0.481 e. The van der Waals surface area contributed by atoms with Crippen LogP contribution in [-0.2, 0) is 11.2 Å². The summed E-state index contributed by atoms with van der Waals surface area (Å²) in [5.74, 6) is -0.586. The Kier molecular flexibility index (Phi) is 6.21. The highest BCUT2D eigenvalue weighted by Crippen LogP contribution is 2.22. The lowest BCUT2D eigenvalue weighted by molar-refractivity contribution is -0.140. The van der Waals surface area contributed by atoms with Crippen LogP contribution in [0.15, 0.2) is 0 Å². The summed E-state index contributed by atoms with van der Waals surface area (Å²) in [4.78, 5) is 13.1. The van der Waals surface area contributed by atoms with Gasteiger partial charge < -0.3 is 10.0 Å². The van der Waals surface area contributed by atoms with Crippen LogP contribution in [-0.4, -0.2) is 34.4 Å². The van der Waals surface area contributed by atoms with Crippen LogP contribution in [0.1, 0.15) is 39.1 Å². The average Bonchev–Trinajstić information content (AvgIpc) is 2.82. The maximum absolute atomic E-state index is 11.0. The molecule has 0 aliphatic heterocycles. The molecule has 0 aromatic carbocycles. The fourth-order valence-corrected chi connectivity index (χ4v) is 2.42. The van der Waals surface area contributed by atoms with Gasteiger partial charge in [0.25, 0.3) is 0 Å². The Morgan fingerprint density at radius 1 is 1.37 bits per heavy atom. The van der Waals surface area contributed by atoms with Crippen molar-refractivity contribution in [3.8, 4) is 0 Å². The molecule has 0 bridgehead atoms. The minimum absolute atomic E-state index is 0.402. The number of carboxylic acids is 1. The summed E-state index contributed by atoms with van der Waals surface area (Å²) in [6.45, 7) is 9.41. The smallest absolute Gasteiger partial charge is 0.308 e. The van der Waals surface area contributed by atoms with Gasteiger partial charge in [0.05, 0.1) is 5.92 Å². The zero-order chi connectivity index (χ0) is 14.4. The van der Waals surface area contributed by atoms with E-state index in [9.17, 15) is 4.79 Å². The molecule has 0 radical (unpaired) electrons. The number of aromatic nitrogens is 2. The van der Waals surface area contributed by atoms with Gasteiger partial charge >= 0.3 is 5.97 Å². The quantitative estimate of drug-likeness (QED) is 0.795. The SMILES string of the molecule is CCc1nnc(N(CCC(C)C)CC(C)C(=O)O)s1. The van der Waals surface area contributed by atoms with Crippen LogP contribution in [0.5, 0.6) is 0 Å². The van der Waals surface area contributed by atoms with E-state index in [2.05, 4.69) is 28.9 Å². The normalized spacial score (nSPS) is 12.7. The van der Waals surface area contributed by atoms with Crippen molar-refractivity contribution in [2.75, 3.05) is 18.0 Å². The molecule has 0 amide bonds. The Hall–Kier alpha value is -1.17. The van der Waals surface area contributed by atoms with Gasteiger partial charge in [-0.1, -0.05) is 39.0 Å². The van der Waals surface area contributed by atoms with Crippen molar-refractivity contribution in [2.45, 2.75) is 40.5 Å². The Morgan fingerprint density at radius 3 is 2.53 bits per heavy atom. The summed E-state index contributed by atoms with van der Waals surface area (Å²) in [7, 11) is 0. The number of hydrogen-bond acceptors (Lipinski definition) is 5. The lowest BCUT2D eigenvalue weighted by atomic mass is 10.1. The van der Waals surface area contributed by atoms with Crippen molar-refractivity contribution in [3.63, 3.8) is 0 Å². The Labute approximate surface area is 118 Å². The van der Waals surface area contributed by atoms with Gasteiger partial charge in [0.15, 0.2) is 0 Å². The zero-order valence-electron chi connectivity index (χ0n) is 12.1. The van der Waals surface area contributed by atoms with E-state index in [1.54, 1.807) is 18.3 Å². The first-order chi connectivity index (χ1) is 8.93. The number of rotatable bonds is 8. The first-order valence-corrected chi connectivity index (χ1v) is 7.55. The highest BCUT2D eigenvalue weighted by Gasteiger charge is 2.19. The Bertz CT molecular complexity index is 406. The van der Waals surface area contributed by atoms with Crippen molar-refractivity contribution >= 4 is 22.4 Å². The second kappa shape index (κ2) is 7.43. The molecule has 1 aromatic heterocycles. The number of carbonyl (C=O) groups is 1. The van der Waals surface area contributed by atoms with Gasteiger partial charge in [-0.25, -0.2) is 0 Å². The van der Waals surface area contributed by atoms with Crippen molar-refractivity contribution in [3.05, 3.63) is 5.01 Å². The molecule has 0 spiro atoms. The third kappa shape index (κ3) is 5.14. The minimum Gasteiger partial charge on any atom is -0.481 e. The molecule has 19 heavy (non-hydrogen) atoms. The number of aryl methyl sites for hydroxylation is 1. The van der Waals surface area contributed by atoms with Crippen molar-refractivity contribution in [2.24, 2.45) is 11.8 Å². The molecule has 0 saturated heterocycles. The molecule has 0 aliphatic rings. The second-order valence-electron chi connectivity index (χ2n) is 5.20. The van der Waals surface area contributed by atoms with E-state index in [4.69, 9.17) is 5.11 Å². The molecular formula is C13H23N3O2S. The lowest BCUT2D eigenvalue weighted by Crippen LogP contribution is -2.33. The number of carboxylic acid groups (broad SMARTS) is 1. The fourth-order valence-electron chi connectivity index (χ4n) is 1.60. The van der Waals surface area contributed by atoms with E-state index in [0.29, 0.717) is 12.5 Å². The minimum atomic E-state index is -0.769. The van der Waals surface area contributed by atoms with Gasteiger partial charge in [-0.05, 0) is 18.8 Å². The van der Waals surface area contributed by atoms with Crippen molar-refractivity contribution in [1.29, 1.82) is 0 Å². The van der Waals surface area contributed by atoms with Crippen LogP contribution >= 0.6 is 11.3 Å². The first kappa shape index (κ1) is 15.9. The summed E-state index contributed by atoms with van der Waals surface area (Å²) in [6, 6.07) is 0. The van der Waals surface area contributed by atoms with E-state index in [1.165, 1.54) is 0 Å². The molecular weight excluding hydrogens is 262 g/mol. The summed E-state index contributed by atoms with van der Waals surface area (Å²) in [6.07, 6.45) is 1.89. The second-order valence-corrected chi connectivity index (χ2v) is 6.24. The van der Waals surface area contributed by atoms with Crippen LogP contribution < -0.4 is 4.90 Å². The molecule has 1 aromatic rings. The summed E-state index contributed by atoms with van der Waals surface area (Å²) < 4.78 is 0. The van der Waals surface area contributed by atoms with E-state index in [-0.39, 0.29) is 0 Å². The molecule has 0 fully saturated rings. The van der Waals surface area contributed by atoms with Gasteiger partial charge in [0.2, 0.25) is 5.13 Å². The van der Waals surface area contributed by atoms with Gasteiger partial charge in [-0.3, -0.25) is 4.79 Å². The third-order valence-corrected chi connectivity index (χ3v) is 4.05. The van der Waals surface area contributed by atoms with Crippen molar-refractivity contribution < 1.29 is 9.90 Å². The number of hydrogen-bond donors (Lipinski definition) is 1. The summed E-state index contributed by atoms with van der Waals surface area (Å²) in [5, 5.41) is 19.2. The summed E-state index contributed by atoms with van der Waals surface area (Å²) >= 11 is 1.56. The topological polar surface area (TPSA) is 66.3 Å². The Balaban J connectivity index is 2.75. The average molecular weight is 285 g/mol. The van der Waals surface area contributed by atoms with Gasteiger partial charge in [0, 0.05) is 13.1 Å². The van der Waals surface area contributed by atoms with Crippen LogP contribution in [0.25, 0.3) is 0 Å².